The molecule has 3 aromatic carbocycles. The summed E-state index contributed by atoms with van der Waals surface area (Å²) in [5, 5.41) is 0. The topological polar surface area (TPSA) is 29.5 Å². The Morgan fingerprint density at radius 3 is 2.39 bits per heavy atom. The number of amides is 1. The number of benzene rings is 3. The lowest BCUT2D eigenvalue weighted by atomic mass is 9.92. The number of thiophene rings is 1. The van der Waals surface area contributed by atoms with Gasteiger partial charge in [0, 0.05) is 16.3 Å². The van der Waals surface area contributed by atoms with E-state index in [9.17, 15) is 4.79 Å². The second-order valence-electron chi connectivity index (χ2n) is 7.65. The van der Waals surface area contributed by atoms with Gasteiger partial charge in [0.25, 0.3) is 0 Å². The molecule has 4 aromatic rings. The zero-order chi connectivity index (χ0) is 21.0. The minimum absolute atomic E-state index is 0.129. The van der Waals surface area contributed by atoms with Crippen molar-refractivity contribution in [1.82, 2.24) is 4.90 Å². The third-order valence-electron chi connectivity index (χ3n) is 5.68. The fourth-order valence-corrected chi connectivity index (χ4v) is 5.28. The molecule has 0 fully saturated rings. The molecular weight excluding hydrogens is 402 g/mol. The molecule has 2 heterocycles. The van der Waals surface area contributed by atoms with Crippen LogP contribution in [0, 0.1) is 0 Å². The summed E-state index contributed by atoms with van der Waals surface area (Å²) < 4.78 is 5.72. The van der Waals surface area contributed by atoms with Crippen molar-refractivity contribution in [2.75, 3.05) is 6.54 Å². The van der Waals surface area contributed by atoms with Gasteiger partial charge in [-0.2, -0.15) is 0 Å². The van der Waals surface area contributed by atoms with Crippen LogP contribution in [0.15, 0.2) is 97.1 Å². The number of carbonyl (C=O) groups is 1. The van der Waals surface area contributed by atoms with Gasteiger partial charge >= 0.3 is 6.09 Å². The van der Waals surface area contributed by atoms with Crippen molar-refractivity contribution in [3.05, 3.63) is 119 Å². The molecule has 1 aliphatic rings. The highest BCUT2D eigenvalue weighted by molar-refractivity contribution is 7.15. The van der Waals surface area contributed by atoms with Gasteiger partial charge in [0.15, 0.2) is 0 Å². The quantitative estimate of drug-likeness (QED) is 0.364. The molecule has 4 heteroatoms. The number of hydrogen-bond acceptors (Lipinski definition) is 3. The first-order valence-electron chi connectivity index (χ1n) is 10.5. The van der Waals surface area contributed by atoms with E-state index in [2.05, 4.69) is 60.7 Å². The van der Waals surface area contributed by atoms with E-state index in [1.807, 2.05) is 41.3 Å². The Kier molecular flexibility index (Phi) is 5.55. The molecule has 1 atom stereocenters. The number of carbonyl (C=O) groups excluding carboxylic acids is 1. The molecule has 3 nitrogen and oxygen atoms in total. The van der Waals surface area contributed by atoms with Crippen LogP contribution in [-0.2, 0) is 17.8 Å². The second kappa shape index (κ2) is 8.78. The Morgan fingerprint density at radius 2 is 1.58 bits per heavy atom. The molecule has 0 bridgehead atoms. The Bertz CT molecular complexity index is 1170. The average molecular weight is 426 g/mol. The highest BCUT2D eigenvalue weighted by Crippen LogP contribution is 2.41. The molecule has 1 unspecified atom stereocenters. The number of rotatable bonds is 4. The van der Waals surface area contributed by atoms with Crippen molar-refractivity contribution in [2.24, 2.45) is 0 Å². The molecule has 0 radical (unpaired) electrons. The molecule has 1 aliphatic heterocycles. The van der Waals surface area contributed by atoms with Crippen LogP contribution in [0.4, 0.5) is 4.79 Å². The van der Waals surface area contributed by atoms with Gasteiger partial charge in [-0.1, -0.05) is 84.9 Å². The van der Waals surface area contributed by atoms with Gasteiger partial charge in [0.05, 0.1) is 6.04 Å². The van der Waals surface area contributed by atoms with Crippen LogP contribution in [0.25, 0.3) is 10.4 Å². The van der Waals surface area contributed by atoms with E-state index in [-0.39, 0.29) is 18.7 Å². The van der Waals surface area contributed by atoms with Crippen molar-refractivity contribution >= 4 is 17.4 Å². The fraction of sp³-hybridized carbons (Fsp3) is 0.148. The van der Waals surface area contributed by atoms with Gasteiger partial charge in [-0.3, -0.25) is 4.90 Å². The van der Waals surface area contributed by atoms with Crippen molar-refractivity contribution in [1.29, 1.82) is 0 Å². The SMILES string of the molecule is O=C(OCc1ccccc1)N1CCc2ccccc2C1c1ccc(-c2ccccc2)s1. The monoisotopic (exact) mass is 425 g/mol. The zero-order valence-corrected chi connectivity index (χ0v) is 17.9. The minimum atomic E-state index is -0.266. The number of hydrogen-bond donors (Lipinski definition) is 0. The smallest absolute Gasteiger partial charge is 0.410 e. The molecule has 31 heavy (non-hydrogen) atoms. The molecule has 0 saturated heterocycles. The van der Waals surface area contributed by atoms with Gasteiger partial charge in [0.2, 0.25) is 0 Å². The highest BCUT2D eigenvalue weighted by atomic mass is 32.1. The summed E-state index contributed by atoms with van der Waals surface area (Å²) >= 11 is 1.74. The van der Waals surface area contributed by atoms with Crippen LogP contribution < -0.4 is 0 Å². The van der Waals surface area contributed by atoms with Gasteiger partial charge in [-0.15, -0.1) is 11.3 Å². The summed E-state index contributed by atoms with van der Waals surface area (Å²) in [6.07, 6.45) is 0.572. The largest absolute Gasteiger partial charge is 0.445 e. The summed E-state index contributed by atoms with van der Waals surface area (Å²) in [7, 11) is 0. The minimum Gasteiger partial charge on any atom is -0.445 e. The van der Waals surface area contributed by atoms with Gasteiger partial charge < -0.3 is 4.74 Å². The van der Waals surface area contributed by atoms with Crippen molar-refractivity contribution in [3.8, 4) is 10.4 Å². The summed E-state index contributed by atoms with van der Waals surface area (Å²) in [5.74, 6) is 0. The Balaban J connectivity index is 1.45. The van der Waals surface area contributed by atoms with Gasteiger partial charge in [-0.25, -0.2) is 4.79 Å². The predicted octanol–water partition coefficient (Wildman–Crippen LogP) is 6.70. The van der Waals surface area contributed by atoms with E-state index in [1.165, 1.54) is 21.6 Å². The molecule has 1 amide bonds. The first-order valence-corrected chi connectivity index (χ1v) is 11.3. The zero-order valence-electron chi connectivity index (χ0n) is 17.1. The van der Waals surface area contributed by atoms with E-state index in [1.54, 1.807) is 11.3 Å². The lowest BCUT2D eigenvalue weighted by Gasteiger charge is -2.36. The van der Waals surface area contributed by atoms with Crippen LogP contribution >= 0.6 is 11.3 Å². The molecule has 0 spiro atoms. The number of nitrogens with zero attached hydrogens (tertiary/aromatic N) is 1. The molecule has 154 valence electrons. The Labute approximate surface area is 186 Å². The maximum Gasteiger partial charge on any atom is 0.410 e. The summed E-state index contributed by atoms with van der Waals surface area (Å²) in [6.45, 7) is 0.929. The lowest BCUT2D eigenvalue weighted by Crippen LogP contribution is -2.40. The first kappa shape index (κ1) is 19.6. The van der Waals surface area contributed by atoms with Crippen molar-refractivity contribution in [2.45, 2.75) is 19.1 Å². The van der Waals surface area contributed by atoms with Crippen molar-refractivity contribution < 1.29 is 9.53 Å². The van der Waals surface area contributed by atoms with Crippen LogP contribution in [0.1, 0.15) is 27.6 Å². The van der Waals surface area contributed by atoms with E-state index >= 15 is 0 Å². The third-order valence-corrected chi connectivity index (χ3v) is 6.86. The van der Waals surface area contributed by atoms with Crippen LogP contribution in [0.5, 0.6) is 0 Å². The molecule has 5 rings (SSSR count). The number of fused-ring (bicyclic) bond motifs is 1. The Hall–Kier alpha value is -3.37. The van der Waals surface area contributed by atoms with Gasteiger partial charge in [0.1, 0.15) is 6.61 Å². The standard InChI is InChI=1S/C27H23NO2S/c29-27(30-19-20-9-3-1-4-10-20)28-18-17-21-11-7-8-14-23(21)26(28)25-16-15-24(31-25)22-12-5-2-6-13-22/h1-16,26H,17-19H2. The molecule has 1 aromatic heterocycles. The fourth-order valence-electron chi connectivity index (χ4n) is 4.13. The Morgan fingerprint density at radius 1 is 0.871 bits per heavy atom. The molecule has 0 N–H and O–H groups in total. The third kappa shape index (κ3) is 4.12. The molecule has 0 saturated carbocycles. The van der Waals surface area contributed by atoms with Crippen LogP contribution in [0.3, 0.4) is 0 Å². The number of ether oxygens (including phenoxy) is 1. The second-order valence-corrected chi connectivity index (χ2v) is 8.77. The van der Waals surface area contributed by atoms with Crippen LogP contribution in [-0.4, -0.2) is 17.5 Å². The van der Waals surface area contributed by atoms with E-state index in [0.717, 1.165) is 16.9 Å². The predicted molar refractivity (Wildman–Crippen MR) is 125 cm³/mol. The average Bonchev–Trinajstić information content (AvgIpc) is 3.33. The summed E-state index contributed by atoms with van der Waals surface area (Å²) in [6, 6.07) is 32.8. The first-order chi connectivity index (χ1) is 15.3. The summed E-state index contributed by atoms with van der Waals surface area (Å²) in [5.41, 5.74) is 4.68. The highest BCUT2D eigenvalue weighted by Gasteiger charge is 2.34. The molecular formula is C27H23NO2S. The lowest BCUT2D eigenvalue weighted by molar-refractivity contribution is 0.0842. The van der Waals surface area contributed by atoms with Crippen LogP contribution in [0.2, 0.25) is 0 Å². The van der Waals surface area contributed by atoms with Crippen molar-refractivity contribution in [3.63, 3.8) is 0 Å². The maximum atomic E-state index is 13.2. The normalized spacial score (nSPS) is 15.4. The van der Waals surface area contributed by atoms with E-state index in [4.69, 9.17) is 4.74 Å². The maximum absolute atomic E-state index is 13.2. The van der Waals surface area contributed by atoms with E-state index in [0.29, 0.717) is 6.54 Å². The summed E-state index contributed by atoms with van der Waals surface area (Å²) in [4.78, 5) is 17.4. The van der Waals surface area contributed by atoms with E-state index < -0.39 is 0 Å². The molecule has 0 aliphatic carbocycles. The van der Waals surface area contributed by atoms with Gasteiger partial charge in [-0.05, 0) is 40.8 Å².